The third kappa shape index (κ3) is 1.16. The third-order valence-electron chi connectivity index (χ3n) is 1.15. The van der Waals surface area contributed by atoms with E-state index in [9.17, 15) is 4.79 Å². The lowest BCUT2D eigenvalue weighted by atomic mass is 10.3. The summed E-state index contributed by atoms with van der Waals surface area (Å²) in [6.07, 6.45) is 0. The first-order chi connectivity index (χ1) is 4.61. The number of anilines is 1. The van der Waals surface area contributed by atoms with Crippen LogP contribution in [0.5, 0.6) is 0 Å². The molecule has 3 nitrogen and oxygen atoms in total. The van der Waals surface area contributed by atoms with Crippen molar-refractivity contribution in [3.63, 3.8) is 0 Å². The normalized spacial score (nSPS) is 9.80. The first-order valence-electron chi connectivity index (χ1n) is 2.85. The highest BCUT2D eigenvalue weighted by atomic mass is 32.1. The second kappa shape index (κ2) is 2.38. The van der Waals surface area contributed by atoms with Crippen molar-refractivity contribution in [2.45, 2.75) is 13.8 Å². The van der Waals surface area contributed by atoms with Crippen LogP contribution in [-0.2, 0) is 0 Å². The van der Waals surface area contributed by atoms with Crippen LogP contribution in [0.15, 0.2) is 0 Å². The molecule has 1 heterocycles. The van der Waals surface area contributed by atoms with Gasteiger partial charge in [0.1, 0.15) is 5.69 Å². The Labute approximate surface area is 62.9 Å². The number of ketones is 1. The van der Waals surface area contributed by atoms with Crippen molar-refractivity contribution in [2.24, 2.45) is 0 Å². The molecule has 0 saturated carbocycles. The van der Waals surface area contributed by atoms with Crippen LogP contribution in [0.2, 0.25) is 0 Å². The van der Waals surface area contributed by atoms with Gasteiger partial charge in [0.05, 0.1) is 0 Å². The molecule has 1 aromatic rings. The van der Waals surface area contributed by atoms with Gasteiger partial charge in [-0.2, -0.15) is 0 Å². The van der Waals surface area contributed by atoms with Gasteiger partial charge in [-0.3, -0.25) is 4.79 Å². The van der Waals surface area contributed by atoms with Crippen LogP contribution in [0.3, 0.4) is 0 Å². The molecule has 1 aromatic heterocycles. The summed E-state index contributed by atoms with van der Waals surface area (Å²) in [6.45, 7) is 3.33. The Bertz CT molecular complexity index is 267. The third-order valence-corrected chi connectivity index (χ3v) is 1.95. The molecular weight excluding hydrogens is 148 g/mol. The number of rotatable bonds is 1. The van der Waals surface area contributed by atoms with E-state index in [1.807, 2.05) is 6.92 Å². The second-order valence-electron chi connectivity index (χ2n) is 2.01. The number of aromatic nitrogens is 1. The van der Waals surface area contributed by atoms with E-state index in [0.717, 1.165) is 4.88 Å². The molecule has 0 bridgehead atoms. The van der Waals surface area contributed by atoms with Gasteiger partial charge in [0.2, 0.25) is 0 Å². The van der Waals surface area contributed by atoms with Crippen molar-refractivity contribution >= 4 is 22.3 Å². The lowest BCUT2D eigenvalue weighted by Crippen LogP contribution is -1.94. The van der Waals surface area contributed by atoms with Gasteiger partial charge in [0.25, 0.3) is 0 Å². The van der Waals surface area contributed by atoms with Crippen molar-refractivity contribution in [2.75, 3.05) is 5.73 Å². The minimum absolute atomic E-state index is 0.0227. The van der Waals surface area contributed by atoms with Crippen molar-refractivity contribution in [3.05, 3.63) is 10.6 Å². The topological polar surface area (TPSA) is 56.0 Å². The molecule has 0 aliphatic heterocycles. The predicted molar refractivity (Wildman–Crippen MR) is 41.3 cm³/mol. The molecule has 0 saturated heterocycles. The maximum Gasteiger partial charge on any atom is 0.180 e. The molecule has 4 heteroatoms. The number of carbonyl (C=O) groups is 1. The molecule has 0 unspecified atom stereocenters. The number of nitrogens with two attached hydrogens (primary N) is 1. The quantitative estimate of drug-likeness (QED) is 0.622. The van der Waals surface area contributed by atoms with Gasteiger partial charge < -0.3 is 5.73 Å². The molecule has 2 N–H and O–H groups in total. The predicted octanol–water partition coefficient (Wildman–Crippen LogP) is 1.24. The highest BCUT2D eigenvalue weighted by Gasteiger charge is 2.08. The van der Waals surface area contributed by atoms with Crippen molar-refractivity contribution in [1.29, 1.82) is 0 Å². The summed E-state index contributed by atoms with van der Waals surface area (Å²) in [4.78, 5) is 15.5. The Morgan fingerprint density at radius 2 is 2.30 bits per heavy atom. The van der Waals surface area contributed by atoms with Crippen molar-refractivity contribution < 1.29 is 4.79 Å². The smallest absolute Gasteiger partial charge is 0.180 e. The van der Waals surface area contributed by atoms with Crippen LogP contribution < -0.4 is 5.73 Å². The Balaban J connectivity index is 3.15. The van der Waals surface area contributed by atoms with Gasteiger partial charge in [-0.25, -0.2) is 4.98 Å². The zero-order chi connectivity index (χ0) is 7.72. The summed E-state index contributed by atoms with van der Waals surface area (Å²) in [7, 11) is 0. The highest BCUT2D eigenvalue weighted by Crippen LogP contribution is 2.18. The Morgan fingerprint density at radius 1 is 1.70 bits per heavy atom. The van der Waals surface area contributed by atoms with E-state index in [4.69, 9.17) is 5.73 Å². The molecule has 0 aliphatic carbocycles. The molecule has 0 atom stereocenters. The van der Waals surface area contributed by atoms with E-state index in [1.165, 1.54) is 18.3 Å². The van der Waals surface area contributed by atoms with E-state index in [-0.39, 0.29) is 5.78 Å². The fourth-order valence-electron chi connectivity index (χ4n) is 0.744. The number of carbonyl (C=O) groups excluding carboxylic acids is 1. The second-order valence-corrected chi connectivity index (χ2v) is 3.25. The van der Waals surface area contributed by atoms with Crippen LogP contribution in [0.4, 0.5) is 5.13 Å². The van der Waals surface area contributed by atoms with Gasteiger partial charge >= 0.3 is 0 Å². The Morgan fingerprint density at radius 3 is 2.50 bits per heavy atom. The standard InChI is InChI=1S/C6H8N2OS/c1-3(9)5-4(2)10-6(7)8-5/h1-2H3,(H2,7,8). The largest absolute Gasteiger partial charge is 0.375 e. The van der Waals surface area contributed by atoms with Gasteiger partial charge in [-0.1, -0.05) is 0 Å². The number of hydrogen-bond donors (Lipinski definition) is 1. The lowest BCUT2D eigenvalue weighted by molar-refractivity contribution is 0.101. The van der Waals surface area contributed by atoms with Crippen LogP contribution in [0.25, 0.3) is 0 Å². The molecule has 0 amide bonds. The maximum absolute atomic E-state index is 10.8. The van der Waals surface area contributed by atoms with Crippen LogP contribution >= 0.6 is 11.3 Å². The van der Waals surface area contributed by atoms with Gasteiger partial charge in [-0.15, -0.1) is 11.3 Å². The van der Waals surface area contributed by atoms with Gasteiger partial charge in [0, 0.05) is 11.8 Å². The van der Waals surface area contributed by atoms with E-state index >= 15 is 0 Å². The number of aryl methyl sites for hydroxylation is 1. The van der Waals surface area contributed by atoms with Gasteiger partial charge in [-0.05, 0) is 6.92 Å². The van der Waals surface area contributed by atoms with Crippen molar-refractivity contribution in [3.8, 4) is 0 Å². The Hall–Kier alpha value is -0.900. The monoisotopic (exact) mass is 156 g/mol. The fraction of sp³-hybridized carbons (Fsp3) is 0.333. The van der Waals surface area contributed by atoms with E-state index in [0.29, 0.717) is 10.8 Å². The van der Waals surface area contributed by atoms with Crippen molar-refractivity contribution in [1.82, 2.24) is 4.98 Å². The molecule has 0 aliphatic rings. The molecule has 1 rings (SSSR count). The molecule has 0 aromatic carbocycles. The first-order valence-corrected chi connectivity index (χ1v) is 3.66. The zero-order valence-corrected chi connectivity index (χ0v) is 6.66. The van der Waals surface area contributed by atoms with E-state index in [1.54, 1.807) is 0 Å². The minimum Gasteiger partial charge on any atom is -0.375 e. The van der Waals surface area contributed by atoms with Crippen LogP contribution in [0.1, 0.15) is 22.3 Å². The summed E-state index contributed by atoms with van der Waals surface area (Å²) >= 11 is 1.34. The minimum atomic E-state index is -0.0227. The number of nitrogen functional groups attached to an aromatic ring is 1. The number of thiazole rings is 1. The fourth-order valence-corrected chi connectivity index (χ4v) is 1.48. The molecular formula is C6H8N2OS. The lowest BCUT2D eigenvalue weighted by Gasteiger charge is -1.85. The van der Waals surface area contributed by atoms with Crippen LogP contribution in [0, 0.1) is 6.92 Å². The summed E-state index contributed by atoms with van der Waals surface area (Å²) in [5.41, 5.74) is 5.87. The summed E-state index contributed by atoms with van der Waals surface area (Å²) < 4.78 is 0. The highest BCUT2D eigenvalue weighted by molar-refractivity contribution is 7.15. The number of nitrogens with zero attached hydrogens (tertiary/aromatic N) is 1. The average Bonchev–Trinajstić information content (AvgIpc) is 2.10. The van der Waals surface area contributed by atoms with Crippen LogP contribution in [-0.4, -0.2) is 10.8 Å². The summed E-state index contributed by atoms with van der Waals surface area (Å²) in [5.74, 6) is -0.0227. The number of Topliss-reactive ketones (excluding diaryl/α,β-unsaturated/α-hetero) is 1. The average molecular weight is 156 g/mol. The molecule has 0 radical (unpaired) electrons. The molecule has 10 heavy (non-hydrogen) atoms. The molecule has 54 valence electrons. The maximum atomic E-state index is 10.8. The first kappa shape index (κ1) is 7.21. The Kier molecular flexibility index (Phi) is 1.72. The summed E-state index contributed by atoms with van der Waals surface area (Å²) in [6, 6.07) is 0. The summed E-state index contributed by atoms with van der Waals surface area (Å²) in [5, 5.41) is 0.461. The SMILES string of the molecule is CC(=O)c1nc(N)sc1C. The van der Waals surface area contributed by atoms with E-state index < -0.39 is 0 Å². The van der Waals surface area contributed by atoms with E-state index in [2.05, 4.69) is 4.98 Å². The number of hydrogen-bond acceptors (Lipinski definition) is 4. The zero-order valence-electron chi connectivity index (χ0n) is 5.84. The molecule has 0 fully saturated rings. The molecule has 0 spiro atoms. The van der Waals surface area contributed by atoms with Gasteiger partial charge in [0.15, 0.2) is 10.9 Å².